The molecule has 1 aliphatic rings. The molecule has 108 valence electrons. The molecule has 0 aromatic rings. The monoisotopic (exact) mass is 274 g/mol. The van der Waals surface area contributed by atoms with Crippen molar-refractivity contribution in [3.63, 3.8) is 0 Å². The Morgan fingerprint density at radius 1 is 0.895 bits per heavy atom. The van der Waals surface area contributed by atoms with Gasteiger partial charge in [-0.05, 0) is 6.92 Å². The molecule has 0 amide bonds. The second-order valence-corrected chi connectivity index (χ2v) is 4.33. The van der Waals surface area contributed by atoms with Crippen molar-refractivity contribution in [3.05, 3.63) is 0 Å². The molecule has 0 aromatic heterocycles. The van der Waals surface area contributed by atoms with Gasteiger partial charge in [-0.3, -0.25) is 14.4 Å². The third kappa shape index (κ3) is 4.51. The summed E-state index contributed by atoms with van der Waals surface area (Å²) in [7, 11) is 0. The van der Waals surface area contributed by atoms with Gasteiger partial charge in [0, 0.05) is 20.8 Å². The molecule has 1 heterocycles. The number of carbonyl (C=O) groups excluding carboxylic acids is 3. The van der Waals surface area contributed by atoms with Crippen LogP contribution in [0, 0.1) is 0 Å². The molecule has 0 spiro atoms. The minimum Gasteiger partial charge on any atom is -0.456 e. The molecule has 4 atom stereocenters. The number of hydrogen-bond donors (Lipinski definition) is 0. The van der Waals surface area contributed by atoms with Crippen LogP contribution in [0.4, 0.5) is 0 Å². The van der Waals surface area contributed by atoms with Gasteiger partial charge in [-0.1, -0.05) is 0 Å². The Bertz CT molecular complexity index is 365. The van der Waals surface area contributed by atoms with Gasteiger partial charge in [0.2, 0.25) is 0 Å². The lowest BCUT2D eigenvalue weighted by molar-refractivity contribution is -0.222. The lowest BCUT2D eigenvalue weighted by Crippen LogP contribution is -2.56. The Balaban J connectivity index is 2.89. The standard InChI is InChI=1S/C12H18O7/c1-6-11(18-8(3)14)12(19-9(4)15)10(5-16-6)17-7(2)13/h6,10-12H,5H2,1-4H3/t6-,10-,11-,12+/m1/s1. The molecule has 0 aromatic carbocycles. The minimum atomic E-state index is -0.867. The van der Waals surface area contributed by atoms with E-state index in [4.69, 9.17) is 18.9 Å². The molecule has 0 unspecified atom stereocenters. The molecule has 0 bridgehead atoms. The van der Waals surface area contributed by atoms with E-state index in [1.165, 1.54) is 20.8 Å². The fourth-order valence-corrected chi connectivity index (χ4v) is 1.92. The fourth-order valence-electron chi connectivity index (χ4n) is 1.92. The van der Waals surface area contributed by atoms with Crippen molar-refractivity contribution < 1.29 is 33.3 Å². The fraction of sp³-hybridized carbons (Fsp3) is 0.750. The van der Waals surface area contributed by atoms with Gasteiger partial charge in [0.25, 0.3) is 0 Å². The minimum absolute atomic E-state index is 0.0798. The number of rotatable bonds is 3. The molecular weight excluding hydrogens is 256 g/mol. The molecule has 0 N–H and O–H groups in total. The molecule has 0 aliphatic carbocycles. The maximum Gasteiger partial charge on any atom is 0.303 e. The van der Waals surface area contributed by atoms with Gasteiger partial charge < -0.3 is 18.9 Å². The second kappa shape index (κ2) is 6.51. The van der Waals surface area contributed by atoms with E-state index in [9.17, 15) is 14.4 Å². The van der Waals surface area contributed by atoms with Gasteiger partial charge in [-0.15, -0.1) is 0 Å². The van der Waals surface area contributed by atoms with Gasteiger partial charge in [-0.2, -0.15) is 0 Å². The van der Waals surface area contributed by atoms with Crippen LogP contribution < -0.4 is 0 Å². The summed E-state index contributed by atoms with van der Waals surface area (Å²) in [6, 6.07) is 0. The molecule has 1 aliphatic heterocycles. The SMILES string of the molecule is CC(=O)O[C@@H]1[C@H](OC(C)=O)[C@@H](C)OC[C@H]1OC(C)=O. The summed E-state index contributed by atoms with van der Waals surface area (Å²) in [4.78, 5) is 33.3. The third-order valence-electron chi connectivity index (χ3n) is 2.60. The molecule has 1 rings (SSSR count). The molecular formula is C12H18O7. The van der Waals surface area contributed by atoms with Crippen LogP contribution in [-0.2, 0) is 33.3 Å². The van der Waals surface area contributed by atoms with E-state index < -0.39 is 42.3 Å². The highest BCUT2D eigenvalue weighted by Crippen LogP contribution is 2.24. The summed E-state index contributed by atoms with van der Waals surface area (Å²) >= 11 is 0. The average molecular weight is 274 g/mol. The van der Waals surface area contributed by atoms with Crippen LogP contribution >= 0.6 is 0 Å². The zero-order valence-corrected chi connectivity index (χ0v) is 11.4. The van der Waals surface area contributed by atoms with Crippen molar-refractivity contribution in [3.8, 4) is 0 Å². The van der Waals surface area contributed by atoms with Gasteiger partial charge in [0.15, 0.2) is 18.3 Å². The van der Waals surface area contributed by atoms with Crippen molar-refractivity contribution in [2.24, 2.45) is 0 Å². The topological polar surface area (TPSA) is 88.1 Å². The quantitative estimate of drug-likeness (QED) is 0.536. The van der Waals surface area contributed by atoms with Crippen LogP contribution in [0.15, 0.2) is 0 Å². The summed E-state index contributed by atoms with van der Waals surface area (Å²) < 4.78 is 20.6. The number of ether oxygens (including phenoxy) is 4. The zero-order chi connectivity index (χ0) is 14.6. The Hall–Kier alpha value is -1.63. The van der Waals surface area contributed by atoms with Crippen LogP contribution in [-0.4, -0.2) is 48.9 Å². The van der Waals surface area contributed by atoms with E-state index in [1.807, 2.05) is 0 Å². The van der Waals surface area contributed by atoms with Crippen LogP contribution in [0.5, 0.6) is 0 Å². The maximum atomic E-state index is 11.1. The van der Waals surface area contributed by atoms with Gasteiger partial charge >= 0.3 is 17.9 Å². The van der Waals surface area contributed by atoms with E-state index in [1.54, 1.807) is 6.92 Å². The Morgan fingerprint density at radius 3 is 1.84 bits per heavy atom. The van der Waals surface area contributed by atoms with Crippen molar-refractivity contribution >= 4 is 17.9 Å². The van der Waals surface area contributed by atoms with Crippen molar-refractivity contribution in [2.75, 3.05) is 6.61 Å². The summed E-state index contributed by atoms with van der Waals surface area (Å²) in [5.74, 6) is -1.60. The lowest BCUT2D eigenvalue weighted by Gasteiger charge is -2.39. The number of carbonyl (C=O) groups is 3. The van der Waals surface area contributed by atoms with E-state index in [2.05, 4.69) is 0 Å². The maximum absolute atomic E-state index is 11.1. The zero-order valence-electron chi connectivity index (χ0n) is 11.4. The van der Waals surface area contributed by atoms with Crippen LogP contribution in [0.2, 0.25) is 0 Å². The summed E-state index contributed by atoms with van der Waals surface area (Å²) in [6.45, 7) is 5.48. The number of esters is 3. The van der Waals surface area contributed by atoms with Gasteiger partial charge in [-0.25, -0.2) is 0 Å². The smallest absolute Gasteiger partial charge is 0.303 e. The predicted molar refractivity (Wildman–Crippen MR) is 62.1 cm³/mol. The molecule has 1 saturated heterocycles. The Kier molecular flexibility index (Phi) is 5.29. The van der Waals surface area contributed by atoms with Crippen molar-refractivity contribution in [2.45, 2.75) is 52.1 Å². The summed E-state index contributed by atoms with van der Waals surface area (Å²) in [5.41, 5.74) is 0. The van der Waals surface area contributed by atoms with Crippen LogP contribution in [0.25, 0.3) is 0 Å². The first-order valence-electron chi connectivity index (χ1n) is 5.94. The van der Waals surface area contributed by atoms with Crippen molar-refractivity contribution in [1.29, 1.82) is 0 Å². The lowest BCUT2D eigenvalue weighted by atomic mass is 10.0. The highest BCUT2D eigenvalue weighted by Gasteiger charge is 2.44. The average Bonchev–Trinajstić information content (AvgIpc) is 2.25. The molecule has 0 saturated carbocycles. The number of hydrogen-bond acceptors (Lipinski definition) is 7. The first-order chi connectivity index (χ1) is 8.81. The van der Waals surface area contributed by atoms with Crippen LogP contribution in [0.3, 0.4) is 0 Å². The Labute approximate surface area is 111 Å². The molecule has 0 radical (unpaired) electrons. The molecule has 1 fully saturated rings. The normalized spacial score (nSPS) is 30.3. The predicted octanol–water partition coefficient (Wildman–Crippen LogP) is 0.200. The van der Waals surface area contributed by atoms with Gasteiger partial charge in [0.05, 0.1) is 12.7 Å². The first-order valence-corrected chi connectivity index (χ1v) is 5.94. The van der Waals surface area contributed by atoms with Crippen LogP contribution in [0.1, 0.15) is 27.7 Å². The third-order valence-corrected chi connectivity index (χ3v) is 2.60. The van der Waals surface area contributed by atoms with E-state index in [0.29, 0.717) is 0 Å². The first kappa shape index (κ1) is 15.4. The summed E-state index contributed by atoms with van der Waals surface area (Å²) in [5, 5.41) is 0. The summed E-state index contributed by atoms with van der Waals surface area (Å²) in [6.07, 6.45) is -2.92. The molecule has 19 heavy (non-hydrogen) atoms. The highest BCUT2D eigenvalue weighted by molar-refractivity contribution is 5.68. The second-order valence-electron chi connectivity index (χ2n) is 4.33. The van der Waals surface area contributed by atoms with E-state index >= 15 is 0 Å². The van der Waals surface area contributed by atoms with E-state index in [-0.39, 0.29) is 6.61 Å². The Morgan fingerprint density at radius 2 is 1.37 bits per heavy atom. The molecule has 7 nitrogen and oxygen atoms in total. The largest absolute Gasteiger partial charge is 0.456 e. The van der Waals surface area contributed by atoms with Crippen molar-refractivity contribution in [1.82, 2.24) is 0 Å². The highest BCUT2D eigenvalue weighted by atomic mass is 16.6. The molecule has 7 heteroatoms. The van der Waals surface area contributed by atoms with E-state index in [0.717, 1.165) is 0 Å². The van der Waals surface area contributed by atoms with Gasteiger partial charge in [0.1, 0.15) is 0 Å².